The van der Waals surface area contributed by atoms with E-state index >= 15 is 0 Å². The Bertz CT molecular complexity index is 253. The Morgan fingerprint density at radius 1 is 0.882 bits per heavy atom. The number of nitrogens with zero attached hydrogens (tertiary/aromatic N) is 1. The standard InChI is InChI=1S/C14H25NO2/c16-14(12-9-5-2-6-10-12)13(15-17)11-7-3-1-4-8-11/h11-12,14,16-17H,1-10H2. The minimum atomic E-state index is -0.497. The van der Waals surface area contributed by atoms with E-state index < -0.39 is 6.10 Å². The normalized spacial score (nSPS) is 27.0. The highest BCUT2D eigenvalue weighted by molar-refractivity contribution is 5.90. The van der Waals surface area contributed by atoms with Gasteiger partial charge < -0.3 is 10.3 Å². The Morgan fingerprint density at radius 3 is 1.94 bits per heavy atom. The van der Waals surface area contributed by atoms with E-state index in [2.05, 4.69) is 5.16 Å². The van der Waals surface area contributed by atoms with Crippen LogP contribution in [0, 0.1) is 11.8 Å². The number of hydrogen-bond donors (Lipinski definition) is 2. The zero-order valence-electron chi connectivity index (χ0n) is 10.6. The molecule has 0 aliphatic heterocycles. The van der Waals surface area contributed by atoms with Crippen molar-refractivity contribution in [2.24, 2.45) is 17.0 Å². The van der Waals surface area contributed by atoms with Gasteiger partial charge in [0.1, 0.15) is 0 Å². The molecule has 0 heterocycles. The van der Waals surface area contributed by atoms with Crippen molar-refractivity contribution in [3.8, 4) is 0 Å². The fourth-order valence-electron chi connectivity index (χ4n) is 3.47. The van der Waals surface area contributed by atoms with Crippen LogP contribution in [-0.4, -0.2) is 22.1 Å². The summed E-state index contributed by atoms with van der Waals surface area (Å²) in [7, 11) is 0. The molecule has 0 aromatic rings. The molecule has 0 amide bonds. The topological polar surface area (TPSA) is 52.8 Å². The Labute approximate surface area is 104 Å². The summed E-state index contributed by atoms with van der Waals surface area (Å²) in [5.74, 6) is 0.655. The van der Waals surface area contributed by atoms with Gasteiger partial charge in [-0.25, -0.2) is 0 Å². The van der Waals surface area contributed by atoms with Crippen LogP contribution in [0.25, 0.3) is 0 Å². The van der Waals surface area contributed by atoms with Gasteiger partial charge in [0.25, 0.3) is 0 Å². The van der Waals surface area contributed by atoms with Crippen LogP contribution in [0.2, 0.25) is 0 Å². The molecule has 0 bridgehead atoms. The molecule has 2 rings (SSSR count). The fourth-order valence-corrected chi connectivity index (χ4v) is 3.47. The van der Waals surface area contributed by atoms with Crippen LogP contribution in [0.15, 0.2) is 5.16 Å². The molecule has 98 valence electrons. The van der Waals surface area contributed by atoms with Crippen LogP contribution in [0.1, 0.15) is 64.2 Å². The second-order valence-electron chi connectivity index (χ2n) is 5.70. The summed E-state index contributed by atoms with van der Waals surface area (Å²) in [6, 6.07) is 0. The summed E-state index contributed by atoms with van der Waals surface area (Å²) >= 11 is 0. The quantitative estimate of drug-likeness (QED) is 0.451. The summed E-state index contributed by atoms with van der Waals surface area (Å²) in [6.07, 6.45) is 11.3. The fraction of sp³-hybridized carbons (Fsp3) is 0.929. The SMILES string of the molecule is ON=C(C1CCCCC1)C(O)C1CCCCC1. The van der Waals surface area contributed by atoms with Crippen molar-refractivity contribution in [2.75, 3.05) is 0 Å². The molecular formula is C14H25NO2. The van der Waals surface area contributed by atoms with Gasteiger partial charge in [0.15, 0.2) is 0 Å². The van der Waals surface area contributed by atoms with Gasteiger partial charge in [0.05, 0.1) is 11.8 Å². The number of aliphatic hydroxyl groups excluding tert-OH is 1. The third kappa shape index (κ3) is 3.21. The maximum atomic E-state index is 10.4. The Kier molecular flexibility index (Phi) is 4.84. The average molecular weight is 239 g/mol. The van der Waals surface area contributed by atoms with Crippen LogP contribution in [-0.2, 0) is 0 Å². The first-order chi connectivity index (χ1) is 8.33. The predicted octanol–water partition coefficient (Wildman–Crippen LogP) is 3.34. The number of oxime groups is 1. The van der Waals surface area contributed by atoms with Crippen molar-refractivity contribution in [3.63, 3.8) is 0 Å². The summed E-state index contributed by atoms with van der Waals surface area (Å²) in [5.41, 5.74) is 0.677. The van der Waals surface area contributed by atoms with E-state index in [1.54, 1.807) is 0 Å². The molecule has 0 radical (unpaired) electrons. The Morgan fingerprint density at radius 2 is 1.41 bits per heavy atom. The summed E-state index contributed by atoms with van der Waals surface area (Å²) < 4.78 is 0. The van der Waals surface area contributed by atoms with Gasteiger partial charge in [-0.3, -0.25) is 0 Å². The van der Waals surface area contributed by atoms with Crippen LogP contribution < -0.4 is 0 Å². The number of hydrogen-bond acceptors (Lipinski definition) is 3. The molecule has 2 saturated carbocycles. The zero-order valence-corrected chi connectivity index (χ0v) is 10.6. The van der Waals surface area contributed by atoms with Gasteiger partial charge in [0, 0.05) is 5.92 Å². The molecule has 17 heavy (non-hydrogen) atoms. The molecule has 3 heteroatoms. The second-order valence-corrected chi connectivity index (χ2v) is 5.70. The molecule has 2 N–H and O–H groups in total. The van der Waals surface area contributed by atoms with Gasteiger partial charge in [-0.15, -0.1) is 0 Å². The van der Waals surface area contributed by atoms with Crippen LogP contribution in [0.5, 0.6) is 0 Å². The zero-order chi connectivity index (χ0) is 12.1. The molecular weight excluding hydrogens is 214 g/mol. The first-order valence-corrected chi connectivity index (χ1v) is 7.23. The van der Waals surface area contributed by atoms with E-state index in [1.807, 2.05) is 0 Å². The maximum Gasteiger partial charge on any atom is 0.0985 e. The molecule has 2 aliphatic rings. The molecule has 0 saturated heterocycles. The lowest BCUT2D eigenvalue weighted by Crippen LogP contribution is -2.36. The second kappa shape index (κ2) is 6.39. The van der Waals surface area contributed by atoms with Gasteiger partial charge >= 0.3 is 0 Å². The molecule has 2 fully saturated rings. The molecule has 1 unspecified atom stereocenters. The van der Waals surface area contributed by atoms with Gasteiger partial charge in [0.2, 0.25) is 0 Å². The van der Waals surface area contributed by atoms with Crippen molar-refractivity contribution >= 4 is 5.71 Å². The highest BCUT2D eigenvalue weighted by atomic mass is 16.4. The monoisotopic (exact) mass is 239 g/mol. The van der Waals surface area contributed by atoms with E-state index in [0.717, 1.165) is 25.7 Å². The van der Waals surface area contributed by atoms with Crippen molar-refractivity contribution in [2.45, 2.75) is 70.3 Å². The van der Waals surface area contributed by atoms with E-state index in [9.17, 15) is 10.3 Å². The van der Waals surface area contributed by atoms with Gasteiger partial charge in [-0.2, -0.15) is 0 Å². The maximum absolute atomic E-state index is 10.4. The molecule has 1 atom stereocenters. The Balaban J connectivity index is 1.96. The predicted molar refractivity (Wildman–Crippen MR) is 68.4 cm³/mol. The lowest BCUT2D eigenvalue weighted by molar-refractivity contribution is 0.129. The lowest BCUT2D eigenvalue weighted by Gasteiger charge is -2.31. The van der Waals surface area contributed by atoms with Crippen LogP contribution in [0.3, 0.4) is 0 Å². The molecule has 0 spiro atoms. The van der Waals surface area contributed by atoms with Crippen molar-refractivity contribution in [1.29, 1.82) is 0 Å². The molecule has 2 aliphatic carbocycles. The average Bonchev–Trinajstić information content (AvgIpc) is 2.42. The van der Waals surface area contributed by atoms with Crippen molar-refractivity contribution in [1.82, 2.24) is 0 Å². The third-order valence-corrected chi connectivity index (χ3v) is 4.54. The van der Waals surface area contributed by atoms with E-state index in [4.69, 9.17) is 0 Å². The van der Waals surface area contributed by atoms with Gasteiger partial charge in [-0.1, -0.05) is 43.7 Å². The molecule has 3 nitrogen and oxygen atoms in total. The minimum absolute atomic E-state index is 0.325. The van der Waals surface area contributed by atoms with Crippen LogP contribution >= 0.6 is 0 Å². The summed E-state index contributed by atoms with van der Waals surface area (Å²) in [6.45, 7) is 0. The van der Waals surface area contributed by atoms with E-state index in [0.29, 0.717) is 17.5 Å². The number of rotatable bonds is 3. The first-order valence-electron chi connectivity index (χ1n) is 7.23. The first kappa shape index (κ1) is 12.9. The number of aliphatic hydroxyl groups is 1. The minimum Gasteiger partial charge on any atom is -0.411 e. The summed E-state index contributed by atoms with van der Waals surface area (Å²) in [5, 5.41) is 23.1. The van der Waals surface area contributed by atoms with Crippen molar-refractivity contribution < 1.29 is 10.3 Å². The highest BCUT2D eigenvalue weighted by Crippen LogP contribution is 2.32. The lowest BCUT2D eigenvalue weighted by atomic mass is 9.77. The third-order valence-electron chi connectivity index (χ3n) is 4.54. The van der Waals surface area contributed by atoms with Crippen LogP contribution in [0.4, 0.5) is 0 Å². The summed E-state index contributed by atoms with van der Waals surface area (Å²) in [4.78, 5) is 0. The van der Waals surface area contributed by atoms with E-state index in [-0.39, 0.29) is 0 Å². The van der Waals surface area contributed by atoms with Gasteiger partial charge in [-0.05, 0) is 31.6 Å². The van der Waals surface area contributed by atoms with Crippen molar-refractivity contribution in [3.05, 3.63) is 0 Å². The molecule has 0 aromatic carbocycles. The molecule has 0 aromatic heterocycles. The largest absolute Gasteiger partial charge is 0.411 e. The smallest absolute Gasteiger partial charge is 0.0985 e. The van der Waals surface area contributed by atoms with E-state index in [1.165, 1.54) is 38.5 Å². The highest BCUT2D eigenvalue weighted by Gasteiger charge is 2.31. The Hall–Kier alpha value is -0.570.